The molecule has 1 N–H and O–H groups in total. The van der Waals surface area contributed by atoms with Gasteiger partial charge in [-0.2, -0.15) is 0 Å². The van der Waals surface area contributed by atoms with Crippen LogP contribution >= 0.6 is 0 Å². The minimum absolute atomic E-state index is 0.317. The van der Waals surface area contributed by atoms with Crippen molar-refractivity contribution in [3.8, 4) is 0 Å². The summed E-state index contributed by atoms with van der Waals surface area (Å²) in [5, 5.41) is 9.14. The second kappa shape index (κ2) is 4.77. The number of nitrogens with zero attached hydrogens (tertiary/aromatic N) is 3. The first kappa shape index (κ1) is 10.6. The van der Waals surface area contributed by atoms with Gasteiger partial charge in [-0.25, -0.2) is 4.98 Å². The number of hydrogen-bond donors (Lipinski definition) is 1. The topological polar surface area (TPSA) is 41.3 Å². The smallest absolute Gasteiger partial charge is 0.122 e. The van der Waals surface area contributed by atoms with Crippen LogP contribution in [0.15, 0.2) is 12.4 Å². The fourth-order valence-corrected chi connectivity index (χ4v) is 2.19. The van der Waals surface area contributed by atoms with Crippen LogP contribution in [0.3, 0.4) is 0 Å². The molecule has 1 fully saturated rings. The molecule has 1 saturated heterocycles. The van der Waals surface area contributed by atoms with E-state index in [4.69, 9.17) is 5.11 Å². The third-order valence-electron chi connectivity index (χ3n) is 3.15. The first-order chi connectivity index (χ1) is 7.29. The van der Waals surface area contributed by atoms with Gasteiger partial charge in [0.2, 0.25) is 0 Å². The number of aliphatic hydroxyl groups excluding tert-OH is 1. The second-order valence-electron chi connectivity index (χ2n) is 4.38. The van der Waals surface area contributed by atoms with Crippen molar-refractivity contribution in [2.75, 3.05) is 19.7 Å². The van der Waals surface area contributed by atoms with Gasteiger partial charge in [-0.05, 0) is 25.3 Å². The molecule has 0 amide bonds. The Balaban J connectivity index is 1.92. The quantitative estimate of drug-likeness (QED) is 0.793. The molecule has 15 heavy (non-hydrogen) atoms. The van der Waals surface area contributed by atoms with E-state index in [9.17, 15) is 0 Å². The van der Waals surface area contributed by atoms with E-state index in [1.54, 1.807) is 0 Å². The van der Waals surface area contributed by atoms with Crippen molar-refractivity contribution >= 4 is 0 Å². The number of piperidine rings is 1. The lowest BCUT2D eigenvalue weighted by Gasteiger charge is -2.31. The zero-order valence-electron chi connectivity index (χ0n) is 9.26. The average molecular weight is 209 g/mol. The van der Waals surface area contributed by atoms with Crippen molar-refractivity contribution in [3.63, 3.8) is 0 Å². The molecule has 1 aliphatic heterocycles. The summed E-state index contributed by atoms with van der Waals surface area (Å²) in [5.74, 6) is 1.56. The standard InChI is InChI=1S/C11H19N3O/c1-13-6-4-12-11(13)8-14-5-2-3-10(7-14)9-15/h4,6,10,15H,2-3,5,7-9H2,1H3/t10-/m0/s1. The maximum Gasteiger partial charge on any atom is 0.122 e. The highest BCUT2D eigenvalue weighted by molar-refractivity contribution is 4.91. The third-order valence-corrected chi connectivity index (χ3v) is 3.15. The zero-order valence-corrected chi connectivity index (χ0v) is 9.26. The van der Waals surface area contributed by atoms with E-state index >= 15 is 0 Å². The Bertz CT molecular complexity index is 311. The van der Waals surface area contributed by atoms with E-state index in [2.05, 4.69) is 14.5 Å². The summed E-state index contributed by atoms with van der Waals surface area (Å²) in [6.07, 6.45) is 6.16. The predicted molar refractivity (Wildman–Crippen MR) is 58.3 cm³/mol. The van der Waals surface area contributed by atoms with Gasteiger partial charge in [-0.3, -0.25) is 4.90 Å². The molecule has 1 aliphatic rings. The minimum Gasteiger partial charge on any atom is -0.396 e. The predicted octanol–water partition coefficient (Wildman–Crippen LogP) is 0.624. The van der Waals surface area contributed by atoms with E-state index < -0.39 is 0 Å². The molecular weight excluding hydrogens is 190 g/mol. The number of imidazole rings is 1. The van der Waals surface area contributed by atoms with Crippen molar-refractivity contribution in [2.45, 2.75) is 19.4 Å². The second-order valence-corrected chi connectivity index (χ2v) is 4.38. The molecular formula is C11H19N3O. The Morgan fingerprint density at radius 1 is 1.60 bits per heavy atom. The van der Waals surface area contributed by atoms with Gasteiger partial charge in [0.15, 0.2) is 0 Å². The molecule has 0 saturated carbocycles. The lowest BCUT2D eigenvalue weighted by atomic mass is 9.99. The fourth-order valence-electron chi connectivity index (χ4n) is 2.19. The Kier molecular flexibility index (Phi) is 3.38. The average Bonchev–Trinajstić information content (AvgIpc) is 2.65. The first-order valence-electron chi connectivity index (χ1n) is 5.59. The van der Waals surface area contributed by atoms with Gasteiger partial charge < -0.3 is 9.67 Å². The molecule has 4 heteroatoms. The van der Waals surface area contributed by atoms with Crippen molar-refractivity contribution in [1.82, 2.24) is 14.5 Å². The number of aryl methyl sites for hydroxylation is 1. The van der Waals surface area contributed by atoms with E-state index in [-0.39, 0.29) is 0 Å². The summed E-state index contributed by atoms with van der Waals surface area (Å²) < 4.78 is 2.06. The van der Waals surface area contributed by atoms with Crippen molar-refractivity contribution in [2.24, 2.45) is 13.0 Å². The molecule has 0 bridgehead atoms. The number of hydrogen-bond acceptors (Lipinski definition) is 3. The van der Waals surface area contributed by atoms with Gasteiger partial charge >= 0.3 is 0 Å². The van der Waals surface area contributed by atoms with E-state index in [0.29, 0.717) is 12.5 Å². The Labute approximate surface area is 90.5 Å². The monoisotopic (exact) mass is 209 g/mol. The van der Waals surface area contributed by atoms with Crippen LogP contribution in [0.5, 0.6) is 0 Å². The summed E-state index contributed by atoms with van der Waals surface area (Å²) in [6, 6.07) is 0. The normalized spacial score (nSPS) is 23.2. The summed E-state index contributed by atoms with van der Waals surface area (Å²) in [4.78, 5) is 6.70. The van der Waals surface area contributed by atoms with Crippen LogP contribution in [0, 0.1) is 5.92 Å². The maximum absolute atomic E-state index is 9.14. The summed E-state index contributed by atoms with van der Waals surface area (Å²) in [6.45, 7) is 3.35. The van der Waals surface area contributed by atoms with E-state index in [1.165, 1.54) is 6.42 Å². The lowest BCUT2D eigenvalue weighted by molar-refractivity contribution is 0.113. The third kappa shape index (κ3) is 2.58. The molecule has 1 aromatic rings. The molecule has 0 aromatic carbocycles. The highest BCUT2D eigenvalue weighted by atomic mass is 16.3. The molecule has 0 unspecified atom stereocenters. The molecule has 1 aromatic heterocycles. The maximum atomic E-state index is 9.14. The van der Waals surface area contributed by atoms with Gasteiger partial charge in [0.1, 0.15) is 5.82 Å². The van der Waals surface area contributed by atoms with Crippen LogP contribution in [0.25, 0.3) is 0 Å². The Morgan fingerprint density at radius 2 is 2.47 bits per heavy atom. The van der Waals surface area contributed by atoms with Crippen LogP contribution in [-0.2, 0) is 13.6 Å². The molecule has 0 aliphatic carbocycles. The van der Waals surface area contributed by atoms with Gasteiger partial charge in [-0.15, -0.1) is 0 Å². The zero-order chi connectivity index (χ0) is 10.7. The van der Waals surface area contributed by atoms with Gasteiger partial charge in [-0.1, -0.05) is 0 Å². The molecule has 2 heterocycles. The number of likely N-dealkylation sites (tertiary alicyclic amines) is 1. The molecule has 0 radical (unpaired) electrons. The number of rotatable bonds is 3. The fraction of sp³-hybridized carbons (Fsp3) is 0.727. The van der Waals surface area contributed by atoms with Gasteiger partial charge in [0, 0.05) is 32.6 Å². The first-order valence-corrected chi connectivity index (χ1v) is 5.59. The highest BCUT2D eigenvalue weighted by Gasteiger charge is 2.19. The number of aromatic nitrogens is 2. The summed E-state index contributed by atoms with van der Waals surface area (Å²) >= 11 is 0. The van der Waals surface area contributed by atoms with E-state index in [0.717, 1.165) is 31.9 Å². The van der Waals surface area contributed by atoms with Crippen LogP contribution in [0.1, 0.15) is 18.7 Å². The Hall–Kier alpha value is -0.870. The van der Waals surface area contributed by atoms with Gasteiger partial charge in [0.25, 0.3) is 0 Å². The van der Waals surface area contributed by atoms with Crippen LogP contribution < -0.4 is 0 Å². The molecule has 1 atom stereocenters. The molecule has 2 rings (SSSR count). The highest BCUT2D eigenvalue weighted by Crippen LogP contribution is 2.17. The molecule has 84 valence electrons. The minimum atomic E-state index is 0.317. The summed E-state index contributed by atoms with van der Waals surface area (Å²) in [5.41, 5.74) is 0. The van der Waals surface area contributed by atoms with Crippen molar-refractivity contribution in [1.29, 1.82) is 0 Å². The largest absolute Gasteiger partial charge is 0.396 e. The molecule has 4 nitrogen and oxygen atoms in total. The van der Waals surface area contributed by atoms with Crippen LogP contribution in [0.4, 0.5) is 0 Å². The molecule has 0 spiro atoms. The lowest BCUT2D eigenvalue weighted by Crippen LogP contribution is -2.36. The van der Waals surface area contributed by atoms with Crippen molar-refractivity contribution < 1.29 is 5.11 Å². The van der Waals surface area contributed by atoms with Crippen LogP contribution in [0.2, 0.25) is 0 Å². The van der Waals surface area contributed by atoms with Gasteiger partial charge in [0.05, 0.1) is 6.54 Å². The van der Waals surface area contributed by atoms with Crippen LogP contribution in [-0.4, -0.2) is 39.3 Å². The van der Waals surface area contributed by atoms with E-state index in [1.807, 2.05) is 19.4 Å². The Morgan fingerprint density at radius 3 is 3.13 bits per heavy atom. The summed E-state index contributed by atoms with van der Waals surface area (Å²) in [7, 11) is 2.02. The number of aliphatic hydroxyl groups is 1. The van der Waals surface area contributed by atoms with Crippen molar-refractivity contribution in [3.05, 3.63) is 18.2 Å². The SMILES string of the molecule is Cn1ccnc1CN1CCC[C@H](CO)C1.